The molecule has 0 N–H and O–H groups in total. The van der Waals surface area contributed by atoms with Crippen LogP contribution in [0.4, 0.5) is 17.6 Å². The average molecular weight is 247 g/mol. The van der Waals surface area contributed by atoms with Crippen molar-refractivity contribution in [1.29, 1.82) is 5.26 Å². The first-order valence-corrected chi connectivity index (χ1v) is 4.20. The third kappa shape index (κ3) is 2.53. The highest BCUT2D eigenvalue weighted by atomic mass is 19.4. The molecule has 0 amide bonds. The molecule has 0 spiro atoms. The van der Waals surface area contributed by atoms with Gasteiger partial charge in [0.25, 0.3) is 0 Å². The van der Waals surface area contributed by atoms with Gasteiger partial charge in [-0.25, -0.2) is 9.18 Å². The van der Waals surface area contributed by atoms with Gasteiger partial charge in [-0.3, -0.25) is 0 Å². The monoisotopic (exact) mass is 247 g/mol. The normalized spacial score (nSPS) is 10.8. The third-order valence-electron chi connectivity index (χ3n) is 1.92. The summed E-state index contributed by atoms with van der Waals surface area (Å²) in [6.07, 6.45) is -4.95. The highest BCUT2D eigenvalue weighted by Crippen LogP contribution is 2.34. The van der Waals surface area contributed by atoms with Crippen LogP contribution in [0.25, 0.3) is 0 Å². The third-order valence-corrected chi connectivity index (χ3v) is 1.92. The molecule has 0 unspecified atom stereocenters. The second-order valence-electron chi connectivity index (χ2n) is 2.98. The van der Waals surface area contributed by atoms with Crippen LogP contribution in [0.2, 0.25) is 0 Å². The first-order valence-electron chi connectivity index (χ1n) is 4.20. The molecular formula is C10H5F4NO2. The summed E-state index contributed by atoms with van der Waals surface area (Å²) in [6, 6.07) is 2.01. The Kier molecular flexibility index (Phi) is 3.36. The molecule has 0 aliphatic heterocycles. The van der Waals surface area contributed by atoms with Crippen molar-refractivity contribution >= 4 is 5.97 Å². The number of methoxy groups -OCH3 is 1. The topological polar surface area (TPSA) is 50.1 Å². The molecule has 0 bridgehead atoms. The second kappa shape index (κ2) is 4.41. The van der Waals surface area contributed by atoms with Gasteiger partial charge in [-0.1, -0.05) is 0 Å². The Labute approximate surface area is 93.2 Å². The molecule has 0 saturated carbocycles. The Hall–Kier alpha value is -2.10. The van der Waals surface area contributed by atoms with E-state index in [9.17, 15) is 22.4 Å². The first kappa shape index (κ1) is 13.0. The van der Waals surface area contributed by atoms with E-state index < -0.39 is 34.7 Å². The minimum atomic E-state index is -4.95. The van der Waals surface area contributed by atoms with Crippen LogP contribution in [0, 0.1) is 17.1 Å². The summed E-state index contributed by atoms with van der Waals surface area (Å²) >= 11 is 0. The predicted octanol–water partition coefficient (Wildman–Crippen LogP) is 2.50. The van der Waals surface area contributed by atoms with E-state index in [2.05, 4.69) is 4.74 Å². The van der Waals surface area contributed by atoms with Crippen molar-refractivity contribution in [2.24, 2.45) is 0 Å². The van der Waals surface area contributed by atoms with Gasteiger partial charge >= 0.3 is 12.1 Å². The zero-order chi connectivity index (χ0) is 13.2. The highest BCUT2D eigenvalue weighted by Gasteiger charge is 2.37. The molecule has 0 heterocycles. The standard InChI is InChI=1S/C10H5F4NO2/c1-17-9(16)8-5(4-15)2-6(11)3-7(8)10(12,13)14/h2-3H,1H3. The Morgan fingerprint density at radius 3 is 2.41 bits per heavy atom. The summed E-state index contributed by atoms with van der Waals surface area (Å²) in [7, 11) is 0.868. The number of hydrogen-bond acceptors (Lipinski definition) is 3. The highest BCUT2D eigenvalue weighted by molar-refractivity contribution is 5.94. The maximum Gasteiger partial charge on any atom is 0.417 e. The summed E-state index contributed by atoms with van der Waals surface area (Å²) in [5, 5.41) is 8.59. The summed E-state index contributed by atoms with van der Waals surface area (Å²) in [6.45, 7) is 0. The number of nitriles is 1. The predicted molar refractivity (Wildman–Crippen MR) is 47.5 cm³/mol. The molecule has 0 aromatic heterocycles. The number of carbonyl (C=O) groups is 1. The lowest BCUT2D eigenvalue weighted by molar-refractivity contribution is -0.138. The lowest BCUT2D eigenvalue weighted by Gasteiger charge is -2.12. The van der Waals surface area contributed by atoms with E-state index in [1.807, 2.05) is 0 Å². The van der Waals surface area contributed by atoms with E-state index in [1.165, 1.54) is 6.07 Å². The number of alkyl halides is 3. The van der Waals surface area contributed by atoms with E-state index in [0.29, 0.717) is 6.07 Å². The number of carbonyl (C=O) groups excluding carboxylic acids is 1. The molecule has 90 valence electrons. The number of hydrogen-bond donors (Lipinski definition) is 0. The second-order valence-corrected chi connectivity index (χ2v) is 2.98. The Balaban J connectivity index is 3.63. The van der Waals surface area contributed by atoms with Crippen LogP contribution < -0.4 is 0 Å². The van der Waals surface area contributed by atoms with Crippen molar-refractivity contribution in [2.75, 3.05) is 7.11 Å². The molecule has 0 atom stereocenters. The fraction of sp³-hybridized carbons (Fsp3) is 0.200. The van der Waals surface area contributed by atoms with E-state index in [4.69, 9.17) is 5.26 Å². The number of halogens is 4. The molecule has 0 aliphatic carbocycles. The van der Waals surface area contributed by atoms with Crippen LogP contribution in [0.1, 0.15) is 21.5 Å². The Bertz CT molecular complexity index is 502. The summed E-state index contributed by atoms with van der Waals surface area (Å²) in [4.78, 5) is 11.2. The molecule has 0 saturated heterocycles. The number of benzene rings is 1. The quantitative estimate of drug-likeness (QED) is 0.566. The zero-order valence-electron chi connectivity index (χ0n) is 8.43. The van der Waals surface area contributed by atoms with Crippen molar-refractivity contribution in [3.63, 3.8) is 0 Å². The molecule has 0 aliphatic rings. The van der Waals surface area contributed by atoms with Crippen LogP contribution in [0.5, 0.6) is 0 Å². The molecule has 17 heavy (non-hydrogen) atoms. The van der Waals surface area contributed by atoms with Crippen molar-refractivity contribution in [3.8, 4) is 6.07 Å². The lowest BCUT2D eigenvalue weighted by atomic mass is 10.0. The molecule has 3 nitrogen and oxygen atoms in total. The van der Waals surface area contributed by atoms with Gasteiger partial charge in [0, 0.05) is 0 Å². The van der Waals surface area contributed by atoms with Gasteiger partial charge in [-0.15, -0.1) is 0 Å². The zero-order valence-corrected chi connectivity index (χ0v) is 8.43. The van der Waals surface area contributed by atoms with E-state index in [0.717, 1.165) is 7.11 Å². The molecule has 1 aromatic carbocycles. The van der Waals surface area contributed by atoms with Crippen molar-refractivity contribution in [3.05, 3.63) is 34.6 Å². The maximum atomic E-state index is 12.9. The van der Waals surface area contributed by atoms with Gasteiger partial charge in [-0.2, -0.15) is 18.4 Å². The molecule has 0 fully saturated rings. The summed E-state index contributed by atoms with van der Waals surface area (Å²) in [5.41, 5.74) is -3.23. The largest absolute Gasteiger partial charge is 0.465 e. The smallest absolute Gasteiger partial charge is 0.417 e. The fourth-order valence-electron chi connectivity index (χ4n) is 1.24. The lowest BCUT2D eigenvalue weighted by Crippen LogP contribution is -2.16. The first-order chi connectivity index (χ1) is 7.81. The average Bonchev–Trinajstić information content (AvgIpc) is 2.25. The SMILES string of the molecule is COC(=O)c1c(C#N)cc(F)cc1C(F)(F)F. The molecule has 1 rings (SSSR count). The molecular weight excluding hydrogens is 242 g/mol. The number of nitrogens with zero attached hydrogens (tertiary/aromatic N) is 1. The minimum absolute atomic E-state index is 0.146. The van der Waals surface area contributed by atoms with Gasteiger partial charge in [0.1, 0.15) is 11.9 Å². The summed E-state index contributed by atoms with van der Waals surface area (Å²) in [5.74, 6) is -2.59. The van der Waals surface area contributed by atoms with Crippen LogP contribution in [0.15, 0.2) is 12.1 Å². The minimum Gasteiger partial charge on any atom is -0.465 e. The van der Waals surface area contributed by atoms with E-state index >= 15 is 0 Å². The molecule has 1 aromatic rings. The van der Waals surface area contributed by atoms with Crippen molar-refractivity contribution in [2.45, 2.75) is 6.18 Å². The van der Waals surface area contributed by atoms with Crippen LogP contribution in [0.3, 0.4) is 0 Å². The van der Waals surface area contributed by atoms with Gasteiger partial charge in [0.15, 0.2) is 0 Å². The van der Waals surface area contributed by atoms with Crippen molar-refractivity contribution < 1.29 is 27.1 Å². The van der Waals surface area contributed by atoms with Crippen LogP contribution in [-0.4, -0.2) is 13.1 Å². The van der Waals surface area contributed by atoms with Gasteiger partial charge in [0.2, 0.25) is 0 Å². The van der Waals surface area contributed by atoms with E-state index in [-0.39, 0.29) is 6.07 Å². The fourth-order valence-corrected chi connectivity index (χ4v) is 1.24. The Morgan fingerprint density at radius 2 is 2.00 bits per heavy atom. The van der Waals surface area contributed by atoms with Crippen LogP contribution in [-0.2, 0) is 10.9 Å². The van der Waals surface area contributed by atoms with Gasteiger partial charge in [-0.05, 0) is 12.1 Å². The number of esters is 1. The van der Waals surface area contributed by atoms with Gasteiger partial charge < -0.3 is 4.74 Å². The number of rotatable bonds is 1. The van der Waals surface area contributed by atoms with Gasteiger partial charge in [0.05, 0.1) is 23.8 Å². The summed E-state index contributed by atoms with van der Waals surface area (Å²) < 4.78 is 54.7. The Morgan fingerprint density at radius 1 is 1.41 bits per heavy atom. The van der Waals surface area contributed by atoms with E-state index in [1.54, 1.807) is 0 Å². The molecule has 0 radical (unpaired) electrons. The molecule has 7 heteroatoms. The maximum absolute atomic E-state index is 12.9. The number of ether oxygens (including phenoxy) is 1. The van der Waals surface area contributed by atoms with Crippen molar-refractivity contribution in [1.82, 2.24) is 0 Å². The van der Waals surface area contributed by atoms with Crippen LogP contribution >= 0.6 is 0 Å².